The van der Waals surface area contributed by atoms with Gasteiger partial charge in [0.2, 0.25) is 0 Å². The third kappa shape index (κ3) is 2.71. The van der Waals surface area contributed by atoms with Crippen LogP contribution < -0.4 is 10.6 Å². The predicted octanol–water partition coefficient (Wildman–Crippen LogP) is 4.18. The zero-order valence-corrected chi connectivity index (χ0v) is 13.1. The van der Waals surface area contributed by atoms with E-state index in [2.05, 4.69) is 24.0 Å². The fourth-order valence-electron chi connectivity index (χ4n) is 2.52. The summed E-state index contributed by atoms with van der Waals surface area (Å²) in [5.41, 5.74) is 9.20. The van der Waals surface area contributed by atoms with Gasteiger partial charge >= 0.3 is 0 Å². The quantitative estimate of drug-likeness (QED) is 0.902. The van der Waals surface area contributed by atoms with Crippen molar-refractivity contribution in [3.8, 4) is 0 Å². The standard InChI is InChI=1S/C16H15Cl2N3/c1-10-2-5-12(6-3-10)21-15(9-20-16(21)19)13-8-11(17)4-7-14(13)18/h2-8,15H,9H2,1H3,(H2,19,20). The molecule has 0 bridgehead atoms. The van der Waals surface area contributed by atoms with E-state index in [0.717, 1.165) is 11.3 Å². The molecule has 0 saturated heterocycles. The second-order valence-electron chi connectivity index (χ2n) is 5.09. The van der Waals surface area contributed by atoms with E-state index in [9.17, 15) is 0 Å². The van der Waals surface area contributed by atoms with E-state index < -0.39 is 0 Å². The Balaban J connectivity index is 2.02. The molecule has 0 fully saturated rings. The van der Waals surface area contributed by atoms with Crippen LogP contribution in [0.2, 0.25) is 10.0 Å². The van der Waals surface area contributed by atoms with E-state index in [0.29, 0.717) is 22.5 Å². The molecule has 0 spiro atoms. The van der Waals surface area contributed by atoms with Crippen LogP contribution in [-0.2, 0) is 0 Å². The lowest BCUT2D eigenvalue weighted by Crippen LogP contribution is -2.36. The van der Waals surface area contributed by atoms with Gasteiger partial charge in [-0.2, -0.15) is 0 Å². The summed E-state index contributed by atoms with van der Waals surface area (Å²) in [5, 5.41) is 1.33. The summed E-state index contributed by atoms with van der Waals surface area (Å²) < 4.78 is 0. The number of rotatable bonds is 2. The van der Waals surface area contributed by atoms with Gasteiger partial charge in [0, 0.05) is 15.7 Å². The summed E-state index contributed by atoms with van der Waals surface area (Å²) in [7, 11) is 0. The van der Waals surface area contributed by atoms with Gasteiger partial charge in [0.25, 0.3) is 0 Å². The van der Waals surface area contributed by atoms with Crippen molar-refractivity contribution in [1.82, 2.24) is 0 Å². The first-order chi connectivity index (χ1) is 10.1. The number of nitrogens with zero attached hydrogens (tertiary/aromatic N) is 2. The van der Waals surface area contributed by atoms with Crippen LogP contribution in [0.3, 0.4) is 0 Å². The van der Waals surface area contributed by atoms with Crippen LogP contribution >= 0.6 is 23.2 Å². The minimum absolute atomic E-state index is 0.0288. The number of aryl methyl sites for hydroxylation is 1. The lowest BCUT2D eigenvalue weighted by atomic mass is 10.1. The first-order valence-corrected chi connectivity index (χ1v) is 7.42. The van der Waals surface area contributed by atoms with Gasteiger partial charge in [-0.1, -0.05) is 40.9 Å². The van der Waals surface area contributed by atoms with Gasteiger partial charge in [-0.25, -0.2) is 0 Å². The molecule has 2 aromatic rings. The molecule has 1 heterocycles. The number of nitrogens with two attached hydrogens (primary N) is 1. The van der Waals surface area contributed by atoms with Crippen LogP contribution in [0, 0.1) is 6.92 Å². The molecule has 2 aromatic carbocycles. The van der Waals surface area contributed by atoms with Gasteiger partial charge in [-0.05, 0) is 42.8 Å². The third-order valence-corrected chi connectivity index (χ3v) is 4.19. The largest absolute Gasteiger partial charge is 0.369 e. The zero-order valence-electron chi connectivity index (χ0n) is 11.6. The van der Waals surface area contributed by atoms with E-state index in [1.807, 2.05) is 23.1 Å². The predicted molar refractivity (Wildman–Crippen MR) is 89.4 cm³/mol. The Morgan fingerprint density at radius 3 is 2.57 bits per heavy atom. The van der Waals surface area contributed by atoms with Crippen molar-refractivity contribution in [3.63, 3.8) is 0 Å². The summed E-state index contributed by atoms with van der Waals surface area (Å²) in [5.74, 6) is 0.500. The maximum Gasteiger partial charge on any atom is 0.196 e. The van der Waals surface area contributed by atoms with E-state index in [-0.39, 0.29) is 6.04 Å². The van der Waals surface area contributed by atoms with E-state index >= 15 is 0 Å². The molecule has 3 nitrogen and oxygen atoms in total. The minimum Gasteiger partial charge on any atom is -0.369 e. The molecule has 1 atom stereocenters. The SMILES string of the molecule is Cc1ccc(N2C(N)=NCC2c2cc(Cl)ccc2Cl)cc1. The Hall–Kier alpha value is -1.71. The Morgan fingerprint density at radius 1 is 1.14 bits per heavy atom. The molecule has 0 aliphatic carbocycles. The molecule has 1 aliphatic heterocycles. The third-order valence-electron chi connectivity index (χ3n) is 3.61. The molecule has 0 radical (unpaired) electrons. The monoisotopic (exact) mass is 319 g/mol. The number of hydrogen-bond donors (Lipinski definition) is 1. The maximum absolute atomic E-state index is 6.32. The highest BCUT2D eigenvalue weighted by molar-refractivity contribution is 6.33. The summed E-state index contributed by atoms with van der Waals surface area (Å²) in [6.07, 6.45) is 0. The molecule has 21 heavy (non-hydrogen) atoms. The van der Waals surface area contributed by atoms with Crippen molar-refractivity contribution < 1.29 is 0 Å². The molecule has 1 unspecified atom stereocenters. The van der Waals surface area contributed by atoms with Crippen LogP contribution in [0.25, 0.3) is 0 Å². The highest BCUT2D eigenvalue weighted by Crippen LogP contribution is 2.35. The molecule has 0 aromatic heterocycles. The van der Waals surface area contributed by atoms with Crippen LogP contribution in [0.1, 0.15) is 17.2 Å². The van der Waals surface area contributed by atoms with Crippen molar-refractivity contribution >= 4 is 34.8 Å². The van der Waals surface area contributed by atoms with Crippen LogP contribution in [-0.4, -0.2) is 12.5 Å². The Morgan fingerprint density at radius 2 is 1.86 bits per heavy atom. The van der Waals surface area contributed by atoms with Gasteiger partial charge in [0.15, 0.2) is 5.96 Å². The molecule has 3 rings (SSSR count). The van der Waals surface area contributed by atoms with Crippen molar-refractivity contribution in [2.24, 2.45) is 10.7 Å². The molecule has 0 amide bonds. The molecule has 1 aliphatic rings. The van der Waals surface area contributed by atoms with Crippen LogP contribution in [0.4, 0.5) is 5.69 Å². The van der Waals surface area contributed by atoms with Gasteiger partial charge in [0.05, 0.1) is 12.6 Å². The molecule has 2 N–H and O–H groups in total. The minimum atomic E-state index is -0.0288. The number of anilines is 1. The van der Waals surface area contributed by atoms with Crippen LogP contribution in [0.5, 0.6) is 0 Å². The average Bonchev–Trinajstić information content (AvgIpc) is 2.84. The summed E-state index contributed by atoms with van der Waals surface area (Å²) in [4.78, 5) is 6.36. The van der Waals surface area contributed by atoms with Crippen molar-refractivity contribution in [3.05, 3.63) is 63.6 Å². The average molecular weight is 320 g/mol. The Bertz CT molecular complexity index is 695. The smallest absolute Gasteiger partial charge is 0.196 e. The molecule has 108 valence electrons. The van der Waals surface area contributed by atoms with E-state index in [4.69, 9.17) is 28.9 Å². The first-order valence-electron chi connectivity index (χ1n) is 6.67. The summed E-state index contributed by atoms with van der Waals surface area (Å²) in [6.45, 7) is 2.62. The molecular formula is C16H15Cl2N3. The fraction of sp³-hybridized carbons (Fsp3) is 0.188. The van der Waals surface area contributed by atoms with Crippen molar-refractivity contribution in [2.75, 3.05) is 11.4 Å². The van der Waals surface area contributed by atoms with Gasteiger partial charge in [0.1, 0.15) is 0 Å². The van der Waals surface area contributed by atoms with E-state index in [1.54, 1.807) is 12.1 Å². The molecule has 0 saturated carbocycles. The topological polar surface area (TPSA) is 41.6 Å². The lowest BCUT2D eigenvalue weighted by molar-refractivity contribution is 0.769. The number of halogens is 2. The second-order valence-corrected chi connectivity index (χ2v) is 5.93. The molecule has 5 heteroatoms. The van der Waals surface area contributed by atoms with Gasteiger partial charge in [-0.3, -0.25) is 4.99 Å². The highest BCUT2D eigenvalue weighted by atomic mass is 35.5. The fourth-order valence-corrected chi connectivity index (χ4v) is 2.95. The Labute approximate surface area is 134 Å². The maximum atomic E-state index is 6.32. The highest BCUT2D eigenvalue weighted by Gasteiger charge is 2.30. The number of hydrogen-bond acceptors (Lipinski definition) is 3. The summed E-state index contributed by atoms with van der Waals surface area (Å²) in [6, 6.07) is 13.6. The normalized spacial score (nSPS) is 18.0. The van der Waals surface area contributed by atoms with Gasteiger partial charge < -0.3 is 10.6 Å². The Kier molecular flexibility index (Phi) is 3.79. The number of guanidine groups is 1. The zero-order chi connectivity index (χ0) is 15.0. The van der Waals surface area contributed by atoms with E-state index in [1.165, 1.54) is 5.56 Å². The molecular weight excluding hydrogens is 305 g/mol. The number of benzene rings is 2. The van der Waals surface area contributed by atoms with Gasteiger partial charge in [-0.15, -0.1) is 0 Å². The van der Waals surface area contributed by atoms with Crippen molar-refractivity contribution in [1.29, 1.82) is 0 Å². The first kappa shape index (κ1) is 14.2. The van der Waals surface area contributed by atoms with Crippen LogP contribution in [0.15, 0.2) is 47.5 Å². The van der Waals surface area contributed by atoms with Crippen molar-refractivity contribution in [2.45, 2.75) is 13.0 Å². The number of aliphatic imine (C=N–C) groups is 1. The second kappa shape index (κ2) is 5.58. The summed E-state index contributed by atoms with van der Waals surface area (Å²) >= 11 is 12.4. The lowest BCUT2D eigenvalue weighted by Gasteiger charge is -2.27.